The number of rotatable bonds is 5. The molecule has 0 bridgehead atoms. The number of nitrogens with two attached hydrogens (primary N) is 1. The van der Waals surface area contributed by atoms with Gasteiger partial charge in [0.2, 0.25) is 0 Å². The third kappa shape index (κ3) is 5.20. The van der Waals surface area contributed by atoms with Gasteiger partial charge in [-0.2, -0.15) is 0 Å². The molecule has 7 heteroatoms. The van der Waals surface area contributed by atoms with Crippen molar-refractivity contribution in [2.45, 2.75) is 49.6 Å². The minimum Gasteiger partial charge on any atom is -0.487 e. The van der Waals surface area contributed by atoms with Gasteiger partial charge in [0.25, 0.3) is 0 Å². The van der Waals surface area contributed by atoms with Crippen LogP contribution in [0.2, 0.25) is 5.02 Å². The molecule has 0 amide bonds. The van der Waals surface area contributed by atoms with Crippen LogP contribution in [0.25, 0.3) is 0 Å². The van der Waals surface area contributed by atoms with Gasteiger partial charge in [0.15, 0.2) is 11.1 Å². The van der Waals surface area contributed by atoms with Crippen molar-refractivity contribution in [3.05, 3.63) is 65.2 Å². The lowest BCUT2D eigenvalue weighted by Gasteiger charge is -2.43. The van der Waals surface area contributed by atoms with Gasteiger partial charge in [0.1, 0.15) is 12.4 Å². The topological polar surface area (TPSA) is 75.8 Å². The molecule has 1 fully saturated rings. The van der Waals surface area contributed by atoms with Crippen molar-refractivity contribution < 1.29 is 13.5 Å². The van der Waals surface area contributed by atoms with E-state index in [1.165, 1.54) is 5.56 Å². The van der Waals surface area contributed by atoms with Gasteiger partial charge in [0.05, 0.1) is 10.6 Å². The summed E-state index contributed by atoms with van der Waals surface area (Å²) in [7, 11) is 0. The summed E-state index contributed by atoms with van der Waals surface area (Å²) < 4.78 is 27.8. The van der Waals surface area contributed by atoms with E-state index in [2.05, 4.69) is 11.5 Å². The average molecular weight is 475 g/mol. The molecule has 2 aromatic carbocycles. The van der Waals surface area contributed by atoms with Gasteiger partial charge in [-0.3, -0.25) is 0 Å². The minimum absolute atomic E-state index is 0.00364. The van der Waals surface area contributed by atoms with Crippen molar-refractivity contribution in [3.8, 4) is 5.75 Å². The first-order valence-corrected chi connectivity index (χ1v) is 12.7. The summed E-state index contributed by atoms with van der Waals surface area (Å²) in [5.41, 5.74) is 9.49. The van der Waals surface area contributed by atoms with E-state index in [0.717, 1.165) is 67.2 Å². The molecule has 4 atom stereocenters. The van der Waals surface area contributed by atoms with Crippen molar-refractivity contribution in [2.75, 3.05) is 18.0 Å². The van der Waals surface area contributed by atoms with Crippen LogP contribution < -0.4 is 15.4 Å². The van der Waals surface area contributed by atoms with Crippen LogP contribution in [0.3, 0.4) is 0 Å². The highest BCUT2D eigenvalue weighted by molar-refractivity contribution is 7.79. The number of nitrogens with zero attached hydrogens (tertiary/aromatic N) is 1. The molecule has 2 aliphatic rings. The summed E-state index contributed by atoms with van der Waals surface area (Å²) in [4.78, 5) is 2.70. The van der Waals surface area contributed by atoms with Gasteiger partial charge in [-0.25, -0.2) is 4.21 Å². The van der Waals surface area contributed by atoms with Crippen LogP contribution >= 0.6 is 11.6 Å². The zero-order chi connectivity index (χ0) is 22.7. The van der Waals surface area contributed by atoms with E-state index in [-0.39, 0.29) is 6.04 Å². The fraction of sp³-hybridized carbons (Fsp3) is 0.440. The molecule has 1 saturated carbocycles. The SMILES string of the molecule is C=C[C@H](N)[C@@H]1CC[C@H]1CN1CCCCc2cc(Cl)ccc2COc2ccc(S(=O)O)cc21. The molecule has 4 rings (SSSR count). The Morgan fingerprint density at radius 1 is 1.25 bits per heavy atom. The Morgan fingerprint density at radius 3 is 2.81 bits per heavy atom. The summed E-state index contributed by atoms with van der Waals surface area (Å²) in [5, 5.41) is 0.741. The van der Waals surface area contributed by atoms with E-state index in [1.54, 1.807) is 12.1 Å². The highest BCUT2D eigenvalue weighted by Gasteiger charge is 2.35. The summed E-state index contributed by atoms with van der Waals surface area (Å²) in [6, 6.07) is 11.2. The molecule has 3 N–H and O–H groups in total. The second kappa shape index (κ2) is 10.4. The predicted molar refractivity (Wildman–Crippen MR) is 131 cm³/mol. The third-order valence-corrected chi connectivity index (χ3v) is 7.74. The highest BCUT2D eigenvalue weighted by Crippen LogP contribution is 2.40. The van der Waals surface area contributed by atoms with Crippen LogP contribution in [0, 0.1) is 11.8 Å². The molecule has 172 valence electrons. The molecule has 1 unspecified atom stereocenters. The van der Waals surface area contributed by atoms with Gasteiger partial charge in [-0.15, -0.1) is 6.58 Å². The fourth-order valence-electron chi connectivity index (χ4n) is 4.81. The molecule has 0 saturated heterocycles. The van der Waals surface area contributed by atoms with Crippen LogP contribution in [0.1, 0.15) is 36.8 Å². The zero-order valence-electron chi connectivity index (χ0n) is 18.2. The maximum absolute atomic E-state index is 11.8. The molecule has 5 nitrogen and oxygen atoms in total. The predicted octanol–water partition coefficient (Wildman–Crippen LogP) is 5.18. The van der Waals surface area contributed by atoms with Crippen molar-refractivity contribution >= 4 is 28.4 Å². The summed E-state index contributed by atoms with van der Waals surface area (Å²) in [6.07, 6.45) is 7.08. The smallest absolute Gasteiger partial charge is 0.186 e. The Kier molecular flexibility index (Phi) is 7.56. The van der Waals surface area contributed by atoms with E-state index in [9.17, 15) is 8.76 Å². The fourth-order valence-corrected chi connectivity index (χ4v) is 5.40. The van der Waals surface area contributed by atoms with Gasteiger partial charge in [0, 0.05) is 24.2 Å². The molecule has 0 aromatic heterocycles. The minimum atomic E-state index is -2.05. The van der Waals surface area contributed by atoms with Gasteiger partial charge < -0.3 is 19.9 Å². The van der Waals surface area contributed by atoms with Crippen molar-refractivity contribution in [3.63, 3.8) is 0 Å². The lowest BCUT2D eigenvalue weighted by Crippen LogP contribution is -2.46. The molecular formula is C25H31ClN2O3S. The second-order valence-corrected chi connectivity index (χ2v) is 10.2. The summed E-state index contributed by atoms with van der Waals surface area (Å²) in [6.45, 7) is 6.00. The molecule has 1 heterocycles. The number of halogens is 1. The molecule has 32 heavy (non-hydrogen) atoms. The lowest BCUT2D eigenvalue weighted by molar-refractivity contribution is 0.164. The van der Waals surface area contributed by atoms with Gasteiger partial charge in [-0.1, -0.05) is 23.7 Å². The van der Waals surface area contributed by atoms with Crippen LogP contribution in [0.4, 0.5) is 5.69 Å². The van der Waals surface area contributed by atoms with Crippen LogP contribution in [0.5, 0.6) is 5.75 Å². The summed E-state index contributed by atoms with van der Waals surface area (Å²) in [5.74, 6) is 1.63. The largest absolute Gasteiger partial charge is 0.487 e. The number of aryl methyl sites for hydroxylation is 1. The number of anilines is 1. The van der Waals surface area contributed by atoms with E-state index in [0.29, 0.717) is 23.3 Å². The van der Waals surface area contributed by atoms with Gasteiger partial charge >= 0.3 is 0 Å². The van der Waals surface area contributed by atoms with E-state index < -0.39 is 11.1 Å². The Bertz CT molecular complexity index is 999. The number of ether oxygens (including phenoxy) is 1. The first kappa shape index (κ1) is 23.3. The quantitative estimate of drug-likeness (QED) is 0.461. The number of fused-ring (bicyclic) bond motifs is 2. The molecule has 0 radical (unpaired) electrons. The third-order valence-electron chi connectivity index (χ3n) is 6.85. The zero-order valence-corrected chi connectivity index (χ0v) is 19.8. The van der Waals surface area contributed by atoms with Crippen LogP contribution in [0.15, 0.2) is 53.9 Å². The first-order valence-electron chi connectivity index (χ1n) is 11.2. The van der Waals surface area contributed by atoms with E-state index in [1.807, 2.05) is 30.3 Å². The maximum atomic E-state index is 11.8. The average Bonchev–Trinajstić information content (AvgIpc) is 2.79. The molecule has 1 aliphatic carbocycles. The Labute approximate surface area is 197 Å². The first-order chi connectivity index (χ1) is 15.5. The van der Waals surface area contributed by atoms with Crippen LogP contribution in [-0.2, 0) is 24.1 Å². The summed E-state index contributed by atoms with van der Waals surface area (Å²) >= 11 is 4.19. The van der Waals surface area contributed by atoms with Crippen molar-refractivity contribution in [2.24, 2.45) is 17.6 Å². The van der Waals surface area contributed by atoms with Gasteiger partial charge in [-0.05, 0) is 85.4 Å². The Morgan fingerprint density at radius 2 is 2.09 bits per heavy atom. The van der Waals surface area contributed by atoms with E-state index in [4.69, 9.17) is 22.1 Å². The monoisotopic (exact) mass is 474 g/mol. The lowest BCUT2D eigenvalue weighted by atomic mass is 9.69. The Hall–Kier alpha value is -1.86. The number of hydrogen-bond donors (Lipinski definition) is 2. The highest BCUT2D eigenvalue weighted by atomic mass is 35.5. The Balaban J connectivity index is 1.65. The molecule has 1 aliphatic heterocycles. The van der Waals surface area contributed by atoms with Crippen molar-refractivity contribution in [1.29, 1.82) is 0 Å². The number of benzene rings is 2. The number of hydrogen-bond acceptors (Lipinski definition) is 4. The molecular weight excluding hydrogens is 444 g/mol. The standard InChI is InChI=1S/C25H31ClN2O3S/c1-2-23(27)22-10-7-18(22)15-28-12-4-3-5-17-13-20(26)8-6-19(17)16-31-25-11-9-21(32(29)30)14-24(25)28/h2,6,8-9,11,13-14,18,22-23H,1,3-5,7,10,12,15-16,27H2,(H,29,30)/t18-,22+,23-/m0/s1. The molecule has 2 aromatic rings. The van der Waals surface area contributed by atoms with Crippen molar-refractivity contribution in [1.82, 2.24) is 0 Å². The van der Waals surface area contributed by atoms with E-state index >= 15 is 0 Å². The maximum Gasteiger partial charge on any atom is 0.186 e. The second-order valence-electron chi connectivity index (χ2n) is 8.80. The van der Waals surface area contributed by atoms with Crippen LogP contribution in [-0.4, -0.2) is 27.9 Å². The molecule has 0 spiro atoms. The normalized spacial score (nSPS) is 22.9.